The quantitative estimate of drug-likeness (QED) is 0.819. The van der Waals surface area contributed by atoms with Gasteiger partial charge < -0.3 is 10.5 Å². The molecule has 0 fully saturated rings. The Morgan fingerprint density at radius 2 is 2.35 bits per heavy atom. The Morgan fingerprint density at radius 3 is 3.05 bits per heavy atom. The Kier molecular flexibility index (Phi) is 5.64. The van der Waals surface area contributed by atoms with E-state index in [1.165, 1.54) is 11.5 Å². The molecule has 1 unspecified atom stereocenters. The van der Waals surface area contributed by atoms with Crippen LogP contribution in [-0.2, 0) is 17.7 Å². The van der Waals surface area contributed by atoms with Gasteiger partial charge in [-0.1, -0.05) is 17.8 Å². The molecule has 0 amide bonds. The number of hydrogen-bond donors (Lipinski definition) is 1. The van der Waals surface area contributed by atoms with Crippen LogP contribution < -0.4 is 5.73 Å². The van der Waals surface area contributed by atoms with Gasteiger partial charge in [-0.05, 0) is 33.9 Å². The highest BCUT2D eigenvalue weighted by atomic mass is 79.9. The molecule has 8 heteroatoms. The summed E-state index contributed by atoms with van der Waals surface area (Å²) < 4.78 is 11.9. The molecule has 0 radical (unpaired) electrons. The zero-order chi connectivity index (χ0) is 14.5. The smallest absolute Gasteiger partial charge is 0.0863 e. The number of nitrogens with two attached hydrogens (primary N) is 1. The van der Waals surface area contributed by atoms with Crippen molar-refractivity contribution in [3.05, 3.63) is 26.9 Å². The van der Waals surface area contributed by atoms with E-state index in [9.17, 15) is 0 Å². The van der Waals surface area contributed by atoms with Crippen LogP contribution in [0, 0.1) is 0 Å². The molecule has 20 heavy (non-hydrogen) atoms. The minimum Gasteiger partial charge on any atom is -0.383 e. The van der Waals surface area contributed by atoms with Gasteiger partial charge in [-0.3, -0.25) is 4.68 Å². The van der Waals surface area contributed by atoms with Crippen LogP contribution in [0.3, 0.4) is 0 Å². The summed E-state index contributed by atoms with van der Waals surface area (Å²) in [5, 5.41) is 8.51. The zero-order valence-corrected chi connectivity index (χ0v) is 13.9. The van der Waals surface area contributed by atoms with Crippen molar-refractivity contribution in [3.63, 3.8) is 0 Å². The van der Waals surface area contributed by atoms with Gasteiger partial charge in [-0.15, -0.1) is 5.10 Å². The Hall–Kier alpha value is -0.830. The fourth-order valence-electron chi connectivity index (χ4n) is 2.02. The molecule has 2 rings (SSSR count). The van der Waals surface area contributed by atoms with Gasteiger partial charge in [0.1, 0.15) is 0 Å². The average molecular weight is 360 g/mol. The van der Waals surface area contributed by atoms with Gasteiger partial charge in [-0.2, -0.15) is 5.10 Å². The maximum absolute atomic E-state index is 6.41. The zero-order valence-electron chi connectivity index (χ0n) is 11.5. The highest BCUT2D eigenvalue weighted by Gasteiger charge is 2.23. The third-order valence-corrected chi connectivity index (χ3v) is 4.45. The molecule has 0 saturated heterocycles. The van der Waals surface area contributed by atoms with E-state index in [2.05, 4.69) is 37.5 Å². The van der Waals surface area contributed by atoms with E-state index in [1.807, 2.05) is 4.68 Å². The summed E-state index contributed by atoms with van der Waals surface area (Å²) in [6, 6.07) is -0.273. The molecule has 2 N–H and O–H groups in total. The summed E-state index contributed by atoms with van der Waals surface area (Å²) in [4.78, 5) is 1.01. The second-order valence-corrected chi connectivity index (χ2v) is 6.05. The maximum atomic E-state index is 6.41. The fraction of sp³-hybridized carbons (Fsp3) is 0.583. The first-order valence-corrected chi connectivity index (χ1v) is 8.02. The molecule has 1 atom stereocenters. The van der Waals surface area contributed by atoms with Crippen molar-refractivity contribution in [2.75, 3.05) is 13.7 Å². The van der Waals surface area contributed by atoms with E-state index >= 15 is 0 Å². The molecule has 110 valence electrons. The number of aryl methyl sites for hydroxylation is 1. The lowest BCUT2D eigenvalue weighted by molar-refractivity contribution is 0.182. The largest absolute Gasteiger partial charge is 0.383 e. The number of nitrogens with zero attached hydrogens (tertiary/aromatic N) is 4. The van der Waals surface area contributed by atoms with Crippen molar-refractivity contribution >= 4 is 27.5 Å². The van der Waals surface area contributed by atoms with Crippen molar-refractivity contribution in [3.8, 4) is 0 Å². The molecule has 6 nitrogen and oxygen atoms in total. The summed E-state index contributed by atoms with van der Waals surface area (Å²) in [7, 11) is 1.67. The minimum absolute atomic E-state index is 0.273. The molecule has 0 aliphatic carbocycles. The van der Waals surface area contributed by atoms with Gasteiger partial charge in [0.2, 0.25) is 0 Å². The van der Waals surface area contributed by atoms with Crippen LogP contribution in [-0.4, -0.2) is 33.1 Å². The summed E-state index contributed by atoms with van der Waals surface area (Å²) in [5.74, 6) is 0. The van der Waals surface area contributed by atoms with Crippen molar-refractivity contribution in [2.24, 2.45) is 5.73 Å². The van der Waals surface area contributed by atoms with Crippen molar-refractivity contribution in [1.82, 2.24) is 19.4 Å². The maximum Gasteiger partial charge on any atom is 0.0863 e. The van der Waals surface area contributed by atoms with Gasteiger partial charge in [-0.25, -0.2) is 0 Å². The molecule has 2 aromatic rings. The Labute approximate surface area is 130 Å². The molecule has 0 saturated carbocycles. The number of rotatable bonds is 7. The van der Waals surface area contributed by atoms with E-state index in [0.717, 1.165) is 33.6 Å². The highest BCUT2D eigenvalue weighted by molar-refractivity contribution is 9.10. The molecular weight excluding hydrogens is 342 g/mol. The molecule has 0 aliphatic rings. The Bertz CT molecular complexity index is 556. The monoisotopic (exact) mass is 359 g/mol. The second-order valence-electron chi connectivity index (χ2n) is 4.41. The van der Waals surface area contributed by atoms with Crippen LogP contribution in [0.4, 0.5) is 0 Å². The highest BCUT2D eigenvalue weighted by Crippen LogP contribution is 2.30. The second kappa shape index (κ2) is 7.26. The molecule has 0 bridgehead atoms. The first-order chi connectivity index (χ1) is 9.69. The van der Waals surface area contributed by atoms with E-state index < -0.39 is 0 Å². The van der Waals surface area contributed by atoms with Crippen LogP contribution in [0.1, 0.15) is 35.7 Å². The average Bonchev–Trinajstić information content (AvgIpc) is 3.03. The van der Waals surface area contributed by atoms with Crippen LogP contribution in [0.5, 0.6) is 0 Å². The summed E-state index contributed by atoms with van der Waals surface area (Å²) in [6.07, 6.45) is 3.68. The van der Waals surface area contributed by atoms with Gasteiger partial charge in [0.05, 0.1) is 46.1 Å². The number of aromatic nitrogens is 4. The molecule has 2 aromatic heterocycles. The number of halogens is 1. The lowest BCUT2D eigenvalue weighted by Crippen LogP contribution is -2.19. The molecule has 0 spiro atoms. The molecule has 0 aliphatic heterocycles. The van der Waals surface area contributed by atoms with E-state index in [-0.39, 0.29) is 6.04 Å². The van der Waals surface area contributed by atoms with Gasteiger partial charge in [0.25, 0.3) is 0 Å². The predicted octanol–water partition coefficient (Wildman–Crippen LogP) is 2.14. The van der Waals surface area contributed by atoms with Crippen LogP contribution in [0.2, 0.25) is 0 Å². The summed E-state index contributed by atoms with van der Waals surface area (Å²) in [6.45, 7) is 3.38. The van der Waals surface area contributed by atoms with E-state index in [0.29, 0.717) is 13.2 Å². The van der Waals surface area contributed by atoms with Crippen molar-refractivity contribution in [2.45, 2.75) is 32.4 Å². The van der Waals surface area contributed by atoms with Crippen LogP contribution >= 0.6 is 27.5 Å². The fourth-order valence-corrected chi connectivity index (χ4v) is 3.27. The van der Waals surface area contributed by atoms with Gasteiger partial charge >= 0.3 is 0 Å². The van der Waals surface area contributed by atoms with E-state index in [1.54, 1.807) is 13.3 Å². The number of methoxy groups -OCH3 is 1. The van der Waals surface area contributed by atoms with Gasteiger partial charge in [0.15, 0.2) is 0 Å². The molecule has 2 heterocycles. The normalized spacial score (nSPS) is 12.8. The first kappa shape index (κ1) is 15.6. The lowest BCUT2D eigenvalue weighted by Gasteiger charge is -2.14. The number of ether oxygens (including phenoxy) is 1. The van der Waals surface area contributed by atoms with Crippen LogP contribution in [0.15, 0.2) is 10.7 Å². The molecular formula is C12H18BrN5OS. The SMILES string of the molecule is CCCc1nnsc1C(N)c1c(Br)cnn1CCOC. The topological polar surface area (TPSA) is 78.9 Å². The minimum atomic E-state index is -0.273. The number of hydrogen-bond acceptors (Lipinski definition) is 6. The third-order valence-electron chi connectivity index (χ3n) is 2.99. The Morgan fingerprint density at radius 1 is 1.55 bits per heavy atom. The van der Waals surface area contributed by atoms with Crippen LogP contribution in [0.25, 0.3) is 0 Å². The predicted molar refractivity (Wildman–Crippen MR) is 81.7 cm³/mol. The third kappa shape index (κ3) is 3.25. The van der Waals surface area contributed by atoms with Crippen molar-refractivity contribution in [1.29, 1.82) is 0 Å². The van der Waals surface area contributed by atoms with Gasteiger partial charge in [0, 0.05) is 7.11 Å². The van der Waals surface area contributed by atoms with Crippen molar-refractivity contribution < 1.29 is 4.74 Å². The lowest BCUT2D eigenvalue weighted by atomic mass is 10.1. The molecule has 0 aromatic carbocycles. The standard InChI is InChI=1S/C12H18BrN5OS/c1-3-4-9-12(20-17-16-9)10(14)11-8(13)7-15-18(11)5-6-19-2/h7,10H,3-6,14H2,1-2H3. The summed E-state index contributed by atoms with van der Waals surface area (Å²) in [5.41, 5.74) is 8.33. The first-order valence-electron chi connectivity index (χ1n) is 6.45. The van der Waals surface area contributed by atoms with E-state index in [4.69, 9.17) is 10.5 Å². The summed E-state index contributed by atoms with van der Waals surface area (Å²) >= 11 is 4.88. The Balaban J connectivity index is 2.30.